The Kier molecular flexibility index (Phi) is 5.89. The molecule has 0 N–H and O–H groups in total. The summed E-state index contributed by atoms with van der Waals surface area (Å²) >= 11 is 12.5. The molecule has 2 unspecified atom stereocenters. The van der Waals surface area contributed by atoms with Crippen molar-refractivity contribution in [2.24, 2.45) is 0 Å². The third-order valence-corrected chi connectivity index (χ3v) is 4.73. The topological polar surface area (TPSA) is 30.3 Å². The molecule has 2 atom stereocenters. The summed E-state index contributed by atoms with van der Waals surface area (Å²) in [4.78, 5) is 4.66. The van der Waals surface area contributed by atoms with Crippen LogP contribution in [-0.2, 0) is 0 Å². The summed E-state index contributed by atoms with van der Waals surface area (Å²) in [5.74, 6) is 0. The van der Waals surface area contributed by atoms with Crippen LogP contribution in [0.4, 0.5) is 0 Å². The van der Waals surface area contributed by atoms with Gasteiger partial charge in [0.2, 0.25) is 0 Å². The van der Waals surface area contributed by atoms with Crippen LogP contribution in [0.15, 0.2) is 18.2 Å². The monoisotopic (exact) mass is 325 g/mol. The summed E-state index contributed by atoms with van der Waals surface area (Å²) in [5.41, 5.74) is 0.736. The van der Waals surface area contributed by atoms with E-state index in [1.807, 2.05) is 6.07 Å². The lowest BCUT2D eigenvalue weighted by Crippen LogP contribution is -2.52. The molecule has 1 saturated heterocycles. The van der Waals surface area contributed by atoms with Crippen LogP contribution in [0.25, 0.3) is 0 Å². The molecule has 0 radical (unpaired) electrons. The highest BCUT2D eigenvalue weighted by Crippen LogP contribution is 2.34. The van der Waals surface area contributed by atoms with Crippen molar-refractivity contribution in [2.75, 3.05) is 26.2 Å². The largest absolute Gasteiger partial charge is 0.298 e. The fraction of sp³-hybridized carbons (Fsp3) is 0.562. The van der Waals surface area contributed by atoms with E-state index in [2.05, 4.69) is 29.7 Å². The molecule has 21 heavy (non-hydrogen) atoms. The molecule has 1 fully saturated rings. The van der Waals surface area contributed by atoms with Gasteiger partial charge in [0.1, 0.15) is 6.04 Å². The van der Waals surface area contributed by atoms with Crippen molar-refractivity contribution in [3.8, 4) is 6.07 Å². The molecule has 3 nitrogen and oxygen atoms in total. The van der Waals surface area contributed by atoms with Crippen molar-refractivity contribution in [2.45, 2.75) is 32.4 Å². The lowest BCUT2D eigenvalue weighted by Gasteiger charge is -2.41. The maximum atomic E-state index is 9.61. The fourth-order valence-corrected chi connectivity index (χ4v) is 3.58. The van der Waals surface area contributed by atoms with E-state index >= 15 is 0 Å². The second-order valence-electron chi connectivity index (χ2n) is 5.55. The zero-order valence-electron chi connectivity index (χ0n) is 12.5. The van der Waals surface area contributed by atoms with Gasteiger partial charge >= 0.3 is 0 Å². The number of hydrogen-bond acceptors (Lipinski definition) is 3. The Labute approximate surface area is 137 Å². The van der Waals surface area contributed by atoms with Crippen LogP contribution < -0.4 is 0 Å². The molecule has 0 bridgehead atoms. The Bertz CT molecular complexity index is 506. The van der Waals surface area contributed by atoms with Gasteiger partial charge in [-0.3, -0.25) is 9.80 Å². The first-order valence-corrected chi connectivity index (χ1v) is 8.15. The minimum atomic E-state index is -0.377. The maximum absolute atomic E-state index is 9.61. The summed E-state index contributed by atoms with van der Waals surface area (Å²) in [7, 11) is 0. The molecule has 1 aromatic carbocycles. The van der Waals surface area contributed by atoms with Crippen LogP contribution in [0.2, 0.25) is 10.0 Å². The first-order chi connectivity index (χ1) is 10.1. The highest BCUT2D eigenvalue weighted by molar-refractivity contribution is 6.36. The van der Waals surface area contributed by atoms with Gasteiger partial charge in [-0.15, -0.1) is 0 Å². The first kappa shape index (κ1) is 16.6. The number of hydrogen-bond donors (Lipinski definition) is 0. The van der Waals surface area contributed by atoms with Crippen LogP contribution in [0.1, 0.15) is 31.9 Å². The van der Waals surface area contributed by atoms with E-state index in [1.54, 1.807) is 12.1 Å². The minimum absolute atomic E-state index is 0.377. The van der Waals surface area contributed by atoms with E-state index in [9.17, 15) is 5.26 Å². The van der Waals surface area contributed by atoms with Crippen molar-refractivity contribution < 1.29 is 0 Å². The van der Waals surface area contributed by atoms with Gasteiger partial charge in [-0.25, -0.2) is 0 Å². The molecule has 0 aliphatic carbocycles. The average molecular weight is 326 g/mol. The Morgan fingerprint density at radius 1 is 1.33 bits per heavy atom. The first-order valence-electron chi connectivity index (χ1n) is 7.40. The molecule has 1 aromatic rings. The Hall–Kier alpha value is -0.790. The summed E-state index contributed by atoms with van der Waals surface area (Å²) in [6.45, 7) is 8.23. The third kappa shape index (κ3) is 3.70. The molecule has 0 aromatic heterocycles. The summed E-state index contributed by atoms with van der Waals surface area (Å²) in [6.07, 6.45) is 1.16. The Morgan fingerprint density at radius 3 is 2.52 bits per heavy atom. The molecular weight excluding hydrogens is 305 g/mol. The minimum Gasteiger partial charge on any atom is -0.298 e. The average Bonchev–Trinajstić information content (AvgIpc) is 2.45. The number of halogens is 2. The molecule has 1 aliphatic heterocycles. The molecule has 0 amide bonds. The van der Waals surface area contributed by atoms with Crippen molar-refractivity contribution in [1.82, 2.24) is 9.80 Å². The molecule has 5 heteroatoms. The Morgan fingerprint density at radius 2 is 2.00 bits per heavy atom. The SMILES string of the molecule is CCCN1CCN(C(C#N)c2c(Cl)cccc2Cl)CC1C. The maximum Gasteiger partial charge on any atom is 0.126 e. The zero-order chi connectivity index (χ0) is 15.4. The summed E-state index contributed by atoms with van der Waals surface area (Å²) < 4.78 is 0. The number of rotatable bonds is 4. The molecule has 2 rings (SSSR count). The van der Waals surface area contributed by atoms with Gasteiger partial charge in [-0.2, -0.15) is 5.26 Å². The van der Waals surface area contributed by atoms with Gasteiger partial charge in [0, 0.05) is 41.3 Å². The van der Waals surface area contributed by atoms with Crippen molar-refractivity contribution in [3.63, 3.8) is 0 Å². The van der Waals surface area contributed by atoms with Gasteiger partial charge < -0.3 is 0 Å². The molecular formula is C16H21Cl2N3. The van der Waals surface area contributed by atoms with Crippen LogP contribution in [0.5, 0.6) is 0 Å². The number of piperazine rings is 1. The second-order valence-corrected chi connectivity index (χ2v) is 6.36. The van der Waals surface area contributed by atoms with Gasteiger partial charge in [-0.05, 0) is 32.0 Å². The standard InChI is InChI=1S/C16H21Cl2N3/c1-3-7-20-8-9-21(11-12(20)2)15(10-19)16-13(17)5-4-6-14(16)18/h4-6,12,15H,3,7-9,11H2,1-2H3. The molecule has 0 spiro atoms. The predicted octanol–water partition coefficient (Wildman–Crippen LogP) is 3.97. The zero-order valence-corrected chi connectivity index (χ0v) is 14.0. The van der Waals surface area contributed by atoms with E-state index in [4.69, 9.17) is 23.2 Å². The van der Waals surface area contributed by atoms with Gasteiger partial charge in [-0.1, -0.05) is 36.2 Å². The third-order valence-electron chi connectivity index (χ3n) is 4.07. The fourth-order valence-electron chi connectivity index (χ4n) is 2.98. The summed E-state index contributed by atoms with van der Waals surface area (Å²) in [6, 6.07) is 7.84. The van der Waals surface area contributed by atoms with E-state index in [0.717, 1.165) is 38.2 Å². The predicted molar refractivity (Wildman–Crippen MR) is 87.7 cm³/mol. The lowest BCUT2D eigenvalue weighted by molar-refractivity contribution is 0.0691. The molecule has 0 saturated carbocycles. The van der Waals surface area contributed by atoms with Crippen LogP contribution in [0.3, 0.4) is 0 Å². The van der Waals surface area contributed by atoms with E-state index in [-0.39, 0.29) is 6.04 Å². The summed E-state index contributed by atoms with van der Waals surface area (Å²) in [5, 5.41) is 10.7. The quantitative estimate of drug-likeness (QED) is 0.838. The van der Waals surface area contributed by atoms with Gasteiger partial charge in [0.05, 0.1) is 6.07 Å². The van der Waals surface area contributed by atoms with E-state index in [0.29, 0.717) is 16.1 Å². The molecule has 1 aliphatic rings. The van der Waals surface area contributed by atoms with Crippen molar-refractivity contribution in [3.05, 3.63) is 33.8 Å². The van der Waals surface area contributed by atoms with Crippen LogP contribution in [-0.4, -0.2) is 42.0 Å². The Balaban J connectivity index is 2.19. The molecule has 1 heterocycles. The highest BCUT2D eigenvalue weighted by atomic mass is 35.5. The highest BCUT2D eigenvalue weighted by Gasteiger charge is 2.30. The van der Waals surface area contributed by atoms with Gasteiger partial charge in [0.25, 0.3) is 0 Å². The van der Waals surface area contributed by atoms with E-state index < -0.39 is 0 Å². The number of nitriles is 1. The second kappa shape index (κ2) is 7.47. The number of benzene rings is 1. The smallest absolute Gasteiger partial charge is 0.126 e. The van der Waals surface area contributed by atoms with Crippen LogP contribution in [0, 0.1) is 11.3 Å². The number of nitrogens with zero attached hydrogens (tertiary/aromatic N) is 3. The molecule has 114 valence electrons. The van der Waals surface area contributed by atoms with Crippen molar-refractivity contribution >= 4 is 23.2 Å². The lowest BCUT2D eigenvalue weighted by atomic mass is 10.0. The van der Waals surface area contributed by atoms with E-state index in [1.165, 1.54) is 0 Å². The van der Waals surface area contributed by atoms with Crippen molar-refractivity contribution in [1.29, 1.82) is 5.26 Å². The van der Waals surface area contributed by atoms with Gasteiger partial charge in [0.15, 0.2) is 0 Å². The van der Waals surface area contributed by atoms with Crippen LogP contribution >= 0.6 is 23.2 Å². The normalized spacial score (nSPS) is 22.0.